The first kappa shape index (κ1) is 15.6. The third-order valence-corrected chi connectivity index (χ3v) is 3.47. The van der Waals surface area contributed by atoms with Gasteiger partial charge in [0.2, 0.25) is 0 Å². The molecule has 2 rings (SSSR count). The van der Waals surface area contributed by atoms with Gasteiger partial charge in [0.1, 0.15) is 5.75 Å². The Balaban J connectivity index is 1.51. The van der Waals surface area contributed by atoms with Crippen molar-refractivity contribution < 1.29 is 14.3 Å². The van der Waals surface area contributed by atoms with Crippen LogP contribution >= 0.6 is 0 Å². The standard InChI is InChI=1S/C16H24N2O3/c1-13-6-2-3-8-15(13)21-11-5-9-17-16(19)18-12-14-7-4-10-20-14/h2-3,6,8,14H,4-5,7,9-12H2,1H3,(H2,17,18,19). The molecule has 1 aromatic carbocycles. The average molecular weight is 292 g/mol. The highest BCUT2D eigenvalue weighted by molar-refractivity contribution is 5.73. The zero-order valence-corrected chi connectivity index (χ0v) is 12.6. The molecule has 1 aliphatic heterocycles. The summed E-state index contributed by atoms with van der Waals surface area (Å²) in [5, 5.41) is 5.65. The molecule has 1 aliphatic rings. The van der Waals surface area contributed by atoms with E-state index in [-0.39, 0.29) is 12.1 Å². The Kier molecular flexibility index (Phi) is 6.34. The second-order valence-corrected chi connectivity index (χ2v) is 5.24. The van der Waals surface area contributed by atoms with Crippen molar-refractivity contribution in [2.75, 3.05) is 26.3 Å². The summed E-state index contributed by atoms with van der Waals surface area (Å²) in [4.78, 5) is 11.6. The number of nitrogens with one attached hydrogen (secondary N) is 2. The molecule has 1 aromatic rings. The maximum Gasteiger partial charge on any atom is 0.314 e. The number of para-hydroxylation sites is 1. The smallest absolute Gasteiger partial charge is 0.314 e. The zero-order chi connectivity index (χ0) is 14.9. The Hall–Kier alpha value is -1.75. The highest BCUT2D eigenvalue weighted by Gasteiger charge is 2.15. The highest BCUT2D eigenvalue weighted by Crippen LogP contribution is 2.16. The normalized spacial score (nSPS) is 17.5. The maximum absolute atomic E-state index is 11.6. The molecule has 2 N–H and O–H groups in total. The van der Waals surface area contributed by atoms with Crippen molar-refractivity contribution in [1.82, 2.24) is 10.6 Å². The number of amides is 2. The van der Waals surface area contributed by atoms with E-state index in [4.69, 9.17) is 9.47 Å². The van der Waals surface area contributed by atoms with Gasteiger partial charge in [-0.2, -0.15) is 0 Å². The van der Waals surface area contributed by atoms with Crippen molar-refractivity contribution in [1.29, 1.82) is 0 Å². The number of hydrogen-bond donors (Lipinski definition) is 2. The van der Waals surface area contributed by atoms with Crippen molar-refractivity contribution in [3.63, 3.8) is 0 Å². The van der Waals surface area contributed by atoms with Gasteiger partial charge in [0.25, 0.3) is 0 Å². The molecule has 0 aliphatic carbocycles. The lowest BCUT2D eigenvalue weighted by atomic mass is 10.2. The number of benzene rings is 1. The molecule has 1 saturated heterocycles. The predicted molar refractivity (Wildman–Crippen MR) is 81.7 cm³/mol. The van der Waals surface area contributed by atoms with E-state index in [1.54, 1.807) is 0 Å². The number of aryl methyl sites for hydroxylation is 1. The summed E-state index contributed by atoms with van der Waals surface area (Å²) in [6, 6.07) is 7.78. The molecule has 0 saturated carbocycles. The third-order valence-electron chi connectivity index (χ3n) is 3.47. The minimum atomic E-state index is -0.138. The molecule has 116 valence electrons. The molecule has 2 amide bonds. The van der Waals surface area contributed by atoms with Gasteiger partial charge in [0, 0.05) is 19.7 Å². The number of hydrogen-bond acceptors (Lipinski definition) is 3. The summed E-state index contributed by atoms with van der Waals surface area (Å²) in [6.45, 7) is 4.61. The van der Waals surface area contributed by atoms with Crippen molar-refractivity contribution in [2.24, 2.45) is 0 Å². The van der Waals surface area contributed by atoms with Crippen LogP contribution in [0.25, 0.3) is 0 Å². The SMILES string of the molecule is Cc1ccccc1OCCCNC(=O)NCC1CCCO1. The van der Waals surface area contributed by atoms with Crippen LogP contribution in [0.4, 0.5) is 4.79 Å². The summed E-state index contributed by atoms with van der Waals surface area (Å²) in [5.74, 6) is 0.903. The molecule has 1 fully saturated rings. The molecule has 0 bridgehead atoms. The van der Waals surface area contributed by atoms with E-state index in [9.17, 15) is 4.79 Å². The molecule has 0 spiro atoms. The fourth-order valence-electron chi connectivity index (χ4n) is 2.25. The first-order chi connectivity index (χ1) is 10.3. The van der Waals surface area contributed by atoms with Crippen molar-refractivity contribution in [3.8, 4) is 5.75 Å². The van der Waals surface area contributed by atoms with Gasteiger partial charge in [0.15, 0.2) is 0 Å². The van der Waals surface area contributed by atoms with Gasteiger partial charge >= 0.3 is 6.03 Å². The number of urea groups is 1. The summed E-state index contributed by atoms with van der Waals surface area (Å²) < 4.78 is 11.1. The molecule has 1 atom stereocenters. The van der Waals surface area contributed by atoms with E-state index in [0.29, 0.717) is 19.7 Å². The molecule has 1 heterocycles. The minimum Gasteiger partial charge on any atom is -0.493 e. The van der Waals surface area contributed by atoms with E-state index >= 15 is 0 Å². The molecule has 0 aromatic heterocycles. The van der Waals surface area contributed by atoms with Gasteiger partial charge in [-0.15, -0.1) is 0 Å². The molecule has 5 nitrogen and oxygen atoms in total. The van der Waals surface area contributed by atoms with E-state index < -0.39 is 0 Å². The Labute approximate surface area is 126 Å². The number of carbonyl (C=O) groups is 1. The largest absolute Gasteiger partial charge is 0.493 e. The Morgan fingerprint density at radius 1 is 1.38 bits per heavy atom. The van der Waals surface area contributed by atoms with E-state index in [2.05, 4.69) is 10.6 Å². The quantitative estimate of drug-likeness (QED) is 0.758. The summed E-state index contributed by atoms with van der Waals surface area (Å²) in [5.41, 5.74) is 1.12. The molecular weight excluding hydrogens is 268 g/mol. The first-order valence-electron chi connectivity index (χ1n) is 7.57. The summed E-state index contributed by atoms with van der Waals surface area (Å²) in [6.07, 6.45) is 3.08. The van der Waals surface area contributed by atoms with Gasteiger partial charge < -0.3 is 20.1 Å². The summed E-state index contributed by atoms with van der Waals surface area (Å²) in [7, 11) is 0. The van der Waals surface area contributed by atoms with Gasteiger partial charge in [-0.1, -0.05) is 18.2 Å². The Bertz CT molecular complexity index is 445. The maximum atomic E-state index is 11.6. The average Bonchev–Trinajstić information content (AvgIpc) is 3.00. The van der Waals surface area contributed by atoms with Crippen LogP contribution in [0.15, 0.2) is 24.3 Å². The minimum absolute atomic E-state index is 0.138. The molecule has 5 heteroatoms. The Morgan fingerprint density at radius 3 is 3.00 bits per heavy atom. The van der Waals surface area contributed by atoms with E-state index in [1.165, 1.54) is 0 Å². The number of rotatable bonds is 7. The Morgan fingerprint density at radius 2 is 2.24 bits per heavy atom. The van der Waals surface area contributed by atoms with Crippen LogP contribution in [-0.2, 0) is 4.74 Å². The van der Waals surface area contributed by atoms with Gasteiger partial charge in [-0.25, -0.2) is 4.79 Å². The molecule has 21 heavy (non-hydrogen) atoms. The van der Waals surface area contributed by atoms with Gasteiger partial charge in [0.05, 0.1) is 12.7 Å². The molecular formula is C16H24N2O3. The van der Waals surface area contributed by atoms with Crippen LogP contribution < -0.4 is 15.4 Å². The fourth-order valence-corrected chi connectivity index (χ4v) is 2.25. The lowest BCUT2D eigenvalue weighted by molar-refractivity contribution is 0.111. The lowest BCUT2D eigenvalue weighted by Gasteiger charge is -2.12. The van der Waals surface area contributed by atoms with E-state index in [0.717, 1.165) is 37.2 Å². The second kappa shape index (κ2) is 8.52. The molecule has 0 radical (unpaired) electrons. The molecule has 1 unspecified atom stereocenters. The number of carbonyl (C=O) groups excluding carboxylic acids is 1. The van der Waals surface area contributed by atoms with Crippen molar-refractivity contribution >= 4 is 6.03 Å². The highest BCUT2D eigenvalue weighted by atomic mass is 16.5. The van der Waals surface area contributed by atoms with Crippen LogP contribution in [0, 0.1) is 6.92 Å². The third kappa shape index (κ3) is 5.63. The second-order valence-electron chi connectivity index (χ2n) is 5.24. The lowest BCUT2D eigenvalue weighted by Crippen LogP contribution is -2.40. The topological polar surface area (TPSA) is 59.6 Å². The van der Waals surface area contributed by atoms with Crippen LogP contribution in [0.3, 0.4) is 0 Å². The monoisotopic (exact) mass is 292 g/mol. The van der Waals surface area contributed by atoms with Crippen LogP contribution in [0.1, 0.15) is 24.8 Å². The predicted octanol–water partition coefficient (Wildman–Crippen LogP) is 2.24. The van der Waals surface area contributed by atoms with Crippen molar-refractivity contribution in [2.45, 2.75) is 32.3 Å². The van der Waals surface area contributed by atoms with Crippen molar-refractivity contribution in [3.05, 3.63) is 29.8 Å². The van der Waals surface area contributed by atoms with E-state index in [1.807, 2.05) is 31.2 Å². The van der Waals surface area contributed by atoms with Crippen LogP contribution in [-0.4, -0.2) is 38.4 Å². The number of ether oxygens (including phenoxy) is 2. The van der Waals surface area contributed by atoms with Gasteiger partial charge in [-0.05, 0) is 37.8 Å². The van der Waals surface area contributed by atoms with Crippen LogP contribution in [0.5, 0.6) is 5.75 Å². The fraction of sp³-hybridized carbons (Fsp3) is 0.562. The van der Waals surface area contributed by atoms with Gasteiger partial charge in [-0.3, -0.25) is 0 Å². The van der Waals surface area contributed by atoms with Crippen LogP contribution in [0.2, 0.25) is 0 Å². The summed E-state index contributed by atoms with van der Waals surface area (Å²) >= 11 is 0. The zero-order valence-electron chi connectivity index (χ0n) is 12.6. The first-order valence-corrected chi connectivity index (χ1v) is 7.57.